The van der Waals surface area contributed by atoms with Crippen molar-refractivity contribution in [2.75, 3.05) is 32.8 Å². The second-order valence-electron chi connectivity index (χ2n) is 7.83. The van der Waals surface area contributed by atoms with Crippen LogP contribution in [0.4, 0.5) is 4.79 Å². The van der Waals surface area contributed by atoms with Gasteiger partial charge in [-0.3, -0.25) is 9.78 Å². The molecular weight excluding hydrogens is 334 g/mol. The van der Waals surface area contributed by atoms with E-state index in [4.69, 9.17) is 4.74 Å². The third-order valence-corrected chi connectivity index (χ3v) is 6.41. The molecule has 0 spiro atoms. The second kappa shape index (κ2) is 6.09. The number of carbonyl (C=O) groups is 2. The minimum atomic E-state index is -0.859. The Kier molecular flexibility index (Phi) is 3.99. The number of fused-ring (bicyclic) bond motifs is 1. The van der Waals surface area contributed by atoms with E-state index in [1.807, 2.05) is 12.1 Å². The van der Waals surface area contributed by atoms with E-state index in [0.717, 1.165) is 5.56 Å². The Hall–Kier alpha value is -2.41. The van der Waals surface area contributed by atoms with Crippen LogP contribution in [0.2, 0.25) is 0 Å². The summed E-state index contributed by atoms with van der Waals surface area (Å²) in [4.78, 5) is 29.0. The summed E-state index contributed by atoms with van der Waals surface area (Å²) in [6, 6.07) is 3.71. The van der Waals surface area contributed by atoms with E-state index in [-0.39, 0.29) is 16.7 Å². The van der Waals surface area contributed by atoms with E-state index in [9.17, 15) is 14.7 Å². The molecule has 2 saturated heterocycles. The van der Waals surface area contributed by atoms with Gasteiger partial charge in [0, 0.05) is 48.9 Å². The Morgan fingerprint density at radius 1 is 1.50 bits per heavy atom. The van der Waals surface area contributed by atoms with Gasteiger partial charge in [0.1, 0.15) is 0 Å². The molecule has 3 heterocycles. The zero-order valence-electron chi connectivity index (χ0n) is 14.7. The van der Waals surface area contributed by atoms with Crippen LogP contribution >= 0.6 is 0 Å². The van der Waals surface area contributed by atoms with E-state index in [2.05, 4.69) is 17.2 Å². The highest BCUT2D eigenvalue weighted by Gasteiger charge is 2.77. The zero-order chi connectivity index (χ0) is 18.4. The largest absolute Gasteiger partial charge is 0.465 e. The van der Waals surface area contributed by atoms with Crippen LogP contribution in [0.1, 0.15) is 12.5 Å². The van der Waals surface area contributed by atoms with Crippen LogP contribution in [0.3, 0.4) is 0 Å². The number of aromatic nitrogens is 1. The fraction of sp³-hybridized carbons (Fsp3) is 0.526. The van der Waals surface area contributed by atoms with Gasteiger partial charge < -0.3 is 20.1 Å². The lowest BCUT2D eigenvalue weighted by atomic mass is 9.70. The van der Waals surface area contributed by atoms with Crippen LogP contribution in [-0.2, 0) is 9.53 Å². The summed E-state index contributed by atoms with van der Waals surface area (Å²) in [6.07, 6.45) is 5.77. The number of nitrogens with zero attached hydrogens (tertiary/aromatic N) is 2. The van der Waals surface area contributed by atoms with Gasteiger partial charge in [-0.05, 0) is 29.5 Å². The first kappa shape index (κ1) is 17.0. The third kappa shape index (κ3) is 2.58. The Morgan fingerprint density at radius 3 is 2.92 bits per heavy atom. The van der Waals surface area contributed by atoms with Crippen molar-refractivity contribution in [3.63, 3.8) is 0 Å². The molecule has 26 heavy (non-hydrogen) atoms. The Bertz CT molecular complexity index is 746. The average molecular weight is 357 g/mol. The van der Waals surface area contributed by atoms with Crippen LogP contribution in [-0.4, -0.2) is 59.8 Å². The normalized spacial score (nSPS) is 31.3. The van der Waals surface area contributed by atoms with Crippen molar-refractivity contribution >= 4 is 18.1 Å². The minimum absolute atomic E-state index is 0.00279. The monoisotopic (exact) mass is 357 g/mol. The summed E-state index contributed by atoms with van der Waals surface area (Å²) in [6.45, 7) is 5.18. The highest BCUT2D eigenvalue weighted by Crippen LogP contribution is 2.72. The number of amides is 2. The van der Waals surface area contributed by atoms with Gasteiger partial charge in [0.2, 0.25) is 5.91 Å². The number of nitrogens with one attached hydrogen (secondary N) is 1. The molecule has 0 bridgehead atoms. The van der Waals surface area contributed by atoms with E-state index < -0.39 is 6.09 Å². The molecule has 4 rings (SSSR count). The summed E-state index contributed by atoms with van der Waals surface area (Å²) in [5, 5.41) is 12.3. The predicted molar refractivity (Wildman–Crippen MR) is 94.2 cm³/mol. The number of carbonyl (C=O) groups excluding carboxylic acids is 1. The number of carboxylic acid groups (broad SMARTS) is 1. The molecule has 1 aliphatic carbocycles. The molecule has 3 aliphatic rings. The van der Waals surface area contributed by atoms with Gasteiger partial charge in [-0.25, -0.2) is 4.79 Å². The number of pyridine rings is 1. The fourth-order valence-corrected chi connectivity index (χ4v) is 4.90. The molecule has 3 unspecified atom stereocenters. The summed E-state index contributed by atoms with van der Waals surface area (Å²) >= 11 is 0. The first-order chi connectivity index (χ1) is 12.5. The number of ether oxygens (including phenoxy) is 1. The van der Waals surface area contributed by atoms with Crippen molar-refractivity contribution in [1.82, 2.24) is 15.2 Å². The summed E-state index contributed by atoms with van der Waals surface area (Å²) in [5.41, 5.74) is 0.811. The first-order valence-electron chi connectivity index (χ1n) is 8.88. The van der Waals surface area contributed by atoms with Gasteiger partial charge in [-0.1, -0.05) is 13.0 Å². The van der Waals surface area contributed by atoms with E-state index in [1.54, 1.807) is 18.5 Å². The van der Waals surface area contributed by atoms with Crippen molar-refractivity contribution in [2.24, 2.45) is 22.7 Å². The van der Waals surface area contributed by atoms with Gasteiger partial charge >= 0.3 is 6.09 Å². The lowest BCUT2D eigenvalue weighted by molar-refractivity contribution is -0.148. The maximum absolute atomic E-state index is 12.1. The van der Waals surface area contributed by atoms with Crippen LogP contribution in [0.5, 0.6) is 0 Å². The highest BCUT2D eigenvalue weighted by molar-refractivity contribution is 5.91. The molecule has 3 atom stereocenters. The van der Waals surface area contributed by atoms with Gasteiger partial charge in [0.15, 0.2) is 0 Å². The Balaban J connectivity index is 1.37. The minimum Gasteiger partial charge on any atom is -0.465 e. The van der Waals surface area contributed by atoms with Crippen LogP contribution in [0.25, 0.3) is 6.08 Å². The van der Waals surface area contributed by atoms with Crippen molar-refractivity contribution in [2.45, 2.75) is 6.92 Å². The van der Waals surface area contributed by atoms with Crippen molar-refractivity contribution in [1.29, 1.82) is 0 Å². The summed E-state index contributed by atoms with van der Waals surface area (Å²) in [5.74, 6) is 0.469. The Morgan fingerprint density at radius 2 is 2.31 bits per heavy atom. The maximum atomic E-state index is 12.1. The molecule has 2 N–H and O–H groups in total. The molecule has 0 radical (unpaired) electrons. The molecule has 3 fully saturated rings. The quantitative estimate of drug-likeness (QED) is 0.779. The lowest BCUT2D eigenvalue weighted by Crippen LogP contribution is -2.51. The standard InChI is InChI=1S/C19H23N3O4/c1-18(11-26-12-18)19-10-22(17(24)25)9-15(19)14(19)8-21-16(23)5-4-13-3-2-6-20-7-13/h2-7,14-15H,8-12H2,1H3,(H,21,23)(H,24,25)/b5-4+. The molecule has 2 amide bonds. The van der Waals surface area contributed by atoms with E-state index >= 15 is 0 Å². The third-order valence-electron chi connectivity index (χ3n) is 6.41. The average Bonchev–Trinajstić information content (AvgIpc) is 3.02. The predicted octanol–water partition coefficient (Wildman–Crippen LogP) is 1.47. The number of likely N-dealkylation sites (tertiary alicyclic amines) is 1. The van der Waals surface area contributed by atoms with Crippen molar-refractivity contribution in [3.8, 4) is 0 Å². The molecule has 7 nitrogen and oxygen atoms in total. The maximum Gasteiger partial charge on any atom is 0.407 e. The highest BCUT2D eigenvalue weighted by atomic mass is 16.5. The first-order valence-corrected chi connectivity index (χ1v) is 8.88. The topological polar surface area (TPSA) is 91.8 Å². The molecule has 1 saturated carbocycles. The van der Waals surface area contributed by atoms with Gasteiger partial charge in [-0.15, -0.1) is 0 Å². The van der Waals surface area contributed by atoms with Crippen LogP contribution < -0.4 is 5.32 Å². The molecule has 138 valence electrons. The van der Waals surface area contributed by atoms with Gasteiger partial charge in [0.05, 0.1) is 13.2 Å². The number of hydrogen-bond acceptors (Lipinski definition) is 4. The van der Waals surface area contributed by atoms with Gasteiger partial charge in [0.25, 0.3) is 0 Å². The smallest absolute Gasteiger partial charge is 0.407 e. The van der Waals surface area contributed by atoms with Crippen molar-refractivity contribution < 1.29 is 19.4 Å². The zero-order valence-corrected chi connectivity index (χ0v) is 14.7. The molecule has 2 aliphatic heterocycles. The number of piperidine rings is 1. The SMILES string of the molecule is CC1(C23CN(C(=O)O)CC2C3CNC(=O)/C=C/c2cccnc2)COC1. The molecule has 1 aromatic heterocycles. The van der Waals surface area contributed by atoms with Crippen LogP contribution in [0.15, 0.2) is 30.6 Å². The van der Waals surface area contributed by atoms with Crippen LogP contribution in [0, 0.1) is 22.7 Å². The number of rotatable bonds is 5. The second-order valence-corrected chi connectivity index (χ2v) is 7.83. The van der Waals surface area contributed by atoms with Gasteiger partial charge in [-0.2, -0.15) is 0 Å². The number of hydrogen-bond donors (Lipinski definition) is 2. The fourth-order valence-electron chi connectivity index (χ4n) is 4.90. The van der Waals surface area contributed by atoms with Crippen molar-refractivity contribution in [3.05, 3.63) is 36.2 Å². The summed E-state index contributed by atoms with van der Waals surface area (Å²) in [7, 11) is 0. The molecular formula is C19H23N3O4. The van der Waals surface area contributed by atoms with E-state index in [0.29, 0.717) is 44.7 Å². The lowest BCUT2D eigenvalue weighted by Gasteiger charge is -2.46. The Labute approximate surface area is 152 Å². The molecule has 7 heteroatoms. The van der Waals surface area contributed by atoms with E-state index in [1.165, 1.54) is 11.0 Å². The molecule has 0 aromatic carbocycles. The molecule has 1 aromatic rings. The summed E-state index contributed by atoms with van der Waals surface area (Å²) < 4.78 is 5.43.